The number of benzene rings is 2. The molecule has 0 bridgehead atoms. The Kier molecular flexibility index (Phi) is 5.43. The summed E-state index contributed by atoms with van der Waals surface area (Å²) in [5.74, 6) is 1.00. The molecule has 1 fully saturated rings. The molecule has 29 heavy (non-hydrogen) atoms. The number of carbonyl (C=O) groups is 2. The van der Waals surface area contributed by atoms with Gasteiger partial charge in [0.05, 0.1) is 13.5 Å². The third kappa shape index (κ3) is 3.79. The number of ether oxygens (including phenoxy) is 1. The number of amides is 2. The van der Waals surface area contributed by atoms with E-state index < -0.39 is 0 Å². The van der Waals surface area contributed by atoms with Gasteiger partial charge in [-0.15, -0.1) is 0 Å². The Labute approximate surface area is 171 Å². The highest BCUT2D eigenvalue weighted by Crippen LogP contribution is 2.30. The molecule has 152 valence electrons. The van der Waals surface area contributed by atoms with Gasteiger partial charge >= 0.3 is 0 Å². The molecule has 2 aromatic carbocycles. The van der Waals surface area contributed by atoms with Crippen LogP contribution in [-0.2, 0) is 11.2 Å². The predicted octanol–water partition coefficient (Wildman–Crippen LogP) is 2.96. The highest BCUT2D eigenvalue weighted by molar-refractivity contribution is 6.03. The van der Waals surface area contributed by atoms with Crippen molar-refractivity contribution in [1.82, 2.24) is 4.90 Å². The summed E-state index contributed by atoms with van der Waals surface area (Å²) >= 11 is 0. The second-order valence-electron chi connectivity index (χ2n) is 7.55. The summed E-state index contributed by atoms with van der Waals surface area (Å²) in [5, 5.41) is 0. The lowest BCUT2D eigenvalue weighted by Gasteiger charge is -2.36. The topological polar surface area (TPSA) is 53.1 Å². The van der Waals surface area contributed by atoms with Crippen molar-refractivity contribution in [2.24, 2.45) is 0 Å². The molecule has 1 saturated heterocycles. The van der Waals surface area contributed by atoms with Crippen LogP contribution in [-0.4, -0.2) is 56.5 Å². The molecule has 2 heterocycles. The largest absolute Gasteiger partial charge is 0.497 e. The zero-order valence-corrected chi connectivity index (χ0v) is 17.1. The van der Waals surface area contributed by atoms with E-state index in [1.54, 1.807) is 7.11 Å². The molecule has 0 spiro atoms. The zero-order valence-electron chi connectivity index (χ0n) is 17.1. The summed E-state index contributed by atoms with van der Waals surface area (Å²) < 4.78 is 5.31. The molecule has 2 amide bonds. The Morgan fingerprint density at radius 1 is 1.07 bits per heavy atom. The lowest BCUT2D eigenvalue weighted by atomic mass is 10.1. The Morgan fingerprint density at radius 2 is 1.86 bits per heavy atom. The molecule has 0 saturated carbocycles. The summed E-state index contributed by atoms with van der Waals surface area (Å²) in [6.07, 6.45) is 1.31. The molecule has 6 nitrogen and oxygen atoms in total. The van der Waals surface area contributed by atoms with Gasteiger partial charge in [0.1, 0.15) is 5.75 Å². The number of hydrogen-bond donors (Lipinski definition) is 0. The minimum absolute atomic E-state index is 0.0412. The summed E-state index contributed by atoms with van der Waals surface area (Å²) in [6.45, 7) is 5.71. The molecule has 0 radical (unpaired) electrons. The van der Waals surface area contributed by atoms with Gasteiger partial charge in [0, 0.05) is 55.7 Å². The number of fused-ring (bicyclic) bond motifs is 1. The normalized spacial score (nSPS) is 16.2. The minimum Gasteiger partial charge on any atom is -0.497 e. The van der Waals surface area contributed by atoms with Crippen molar-refractivity contribution < 1.29 is 14.3 Å². The van der Waals surface area contributed by atoms with Crippen molar-refractivity contribution in [1.29, 1.82) is 0 Å². The molecule has 6 heteroatoms. The maximum atomic E-state index is 13.0. The van der Waals surface area contributed by atoms with Crippen LogP contribution in [0.15, 0.2) is 42.5 Å². The fraction of sp³-hybridized carbons (Fsp3) is 0.391. The van der Waals surface area contributed by atoms with Gasteiger partial charge in [0.15, 0.2) is 0 Å². The Balaban J connectivity index is 1.43. The van der Waals surface area contributed by atoms with Crippen LogP contribution in [0.1, 0.15) is 29.3 Å². The van der Waals surface area contributed by atoms with Crippen LogP contribution in [0.25, 0.3) is 0 Å². The van der Waals surface area contributed by atoms with Gasteiger partial charge in [-0.05, 0) is 42.3 Å². The van der Waals surface area contributed by atoms with Gasteiger partial charge in [-0.1, -0.05) is 13.0 Å². The zero-order chi connectivity index (χ0) is 20.4. The molecule has 0 aromatic heterocycles. The van der Waals surface area contributed by atoms with Crippen LogP contribution in [0, 0.1) is 0 Å². The minimum atomic E-state index is 0.0412. The van der Waals surface area contributed by atoms with Crippen LogP contribution in [0.3, 0.4) is 0 Å². The number of methoxy groups -OCH3 is 1. The van der Waals surface area contributed by atoms with Crippen LogP contribution >= 0.6 is 0 Å². The molecule has 0 atom stereocenters. The predicted molar refractivity (Wildman–Crippen MR) is 114 cm³/mol. The lowest BCUT2D eigenvalue weighted by Crippen LogP contribution is -2.48. The summed E-state index contributed by atoms with van der Waals surface area (Å²) in [6, 6.07) is 13.7. The van der Waals surface area contributed by atoms with E-state index in [-0.39, 0.29) is 11.8 Å². The summed E-state index contributed by atoms with van der Waals surface area (Å²) in [5.41, 5.74) is 3.70. The molecule has 0 unspecified atom stereocenters. The van der Waals surface area contributed by atoms with E-state index in [1.165, 1.54) is 0 Å². The maximum Gasteiger partial charge on any atom is 0.253 e. The fourth-order valence-corrected chi connectivity index (χ4v) is 4.14. The summed E-state index contributed by atoms with van der Waals surface area (Å²) in [4.78, 5) is 31.3. The van der Waals surface area contributed by atoms with Crippen LogP contribution in [0.5, 0.6) is 5.75 Å². The first-order valence-electron chi connectivity index (χ1n) is 10.2. The maximum absolute atomic E-state index is 13.0. The number of hydrogen-bond acceptors (Lipinski definition) is 4. The standard InChI is InChI=1S/C23H27N3O3/c1-3-9-26-21-8-7-17(14-18(21)15-22(26)27)23(28)25-12-10-24(11-13-25)19-5-4-6-20(16-19)29-2/h4-8,14,16H,3,9-13,15H2,1-2H3. The molecule has 0 aliphatic carbocycles. The van der Waals surface area contributed by atoms with E-state index in [0.29, 0.717) is 25.1 Å². The van der Waals surface area contributed by atoms with E-state index in [2.05, 4.69) is 17.9 Å². The highest BCUT2D eigenvalue weighted by atomic mass is 16.5. The molecule has 4 rings (SSSR count). The fourth-order valence-electron chi connectivity index (χ4n) is 4.14. The highest BCUT2D eigenvalue weighted by Gasteiger charge is 2.29. The van der Waals surface area contributed by atoms with E-state index in [1.807, 2.05) is 46.2 Å². The lowest BCUT2D eigenvalue weighted by molar-refractivity contribution is -0.117. The number of anilines is 2. The Morgan fingerprint density at radius 3 is 2.59 bits per heavy atom. The molecule has 2 aromatic rings. The third-order valence-corrected chi connectivity index (χ3v) is 5.69. The number of carbonyl (C=O) groups excluding carboxylic acids is 2. The van der Waals surface area contributed by atoms with Gasteiger partial charge in [-0.3, -0.25) is 9.59 Å². The van der Waals surface area contributed by atoms with Crippen molar-refractivity contribution in [2.45, 2.75) is 19.8 Å². The van der Waals surface area contributed by atoms with Crippen LogP contribution < -0.4 is 14.5 Å². The van der Waals surface area contributed by atoms with E-state index in [4.69, 9.17) is 4.74 Å². The average Bonchev–Trinajstić information content (AvgIpc) is 3.08. The van der Waals surface area contributed by atoms with E-state index in [9.17, 15) is 9.59 Å². The number of rotatable bonds is 5. The number of piperazine rings is 1. The summed E-state index contributed by atoms with van der Waals surface area (Å²) in [7, 11) is 1.67. The molecule has 2 aliphatic rings. The monoisotopic (exact) mass is 393 g/mol. The third-order valence-electron chi connectivity index (χ3n) is 5.69. The van der Waals surface area contributed by atoms with Crippen molar-refractivity contribution in [3.05, 3.63) is 53.6 Å². The SMILES string of the molecule is CCCN1C(=O)Cc2cc(C(=O)N3CCN(c4cccc(OC)c4)CC3)ccc21. The van der Waals surface area contributed by atoms with Gasteiger partial charge in [-0.25, -0.2) is 0 Å². The van der Waals surface area contributed by atoms with Gasteiger partial charge in [-0.2, -0.15) is 0 Å². The Bertz CT molecular complexity index is 919. The molecule has 0 N–H and O–H groups in total. The Hall–Kier alpha value is -3.02. The van der Waals surface area contributed by atoms with Crippen LogP contribution in [0.2, 0.25) is 0 Å². The van der Waals surface area contributed by atoms with Crippen molar-refractivity contribution >= 4 is 23.2 Å². The van der Waals surface area contributed by atoms with Crippen molar-refractivity contribution in [2.75, 3.05) is 49.6 Å². The molecular weight excluding hydrogens is 366 g/mol. The smallest absolute Gasteiger partial charge is 0.253 e. The second kappa shape index (κ2) is 8.15. The van der Waals surface area contributed by atoms with E-state index in [0.717, 1.165) is 48.7 Å². The first-order valence-corrected chi connectivity index (χ1v) is 10.2. The van der Waals surface area contributed by atoms with Crippen molar-refractivity contribution in [3.8, 4) is 5.75 Å². The average molecular weight is 393 g/mol. The number of nitrogens with zero attached hydrogens (tertiary/aromatic N) is 3. The second-order valence-corrected chi connectivity index (χ2v) is 7.55. The van der Waals surface area contributed by atoms with Gasteiger partial charge in [0.2, 0.25) is 5.91 Å². The molecular formula is C23H27N3O3. The van der Waals surface area contributed by atoms with Crippen LogP contribution in [0.4, 0.5) is 11.4 Å². The van der Waals surface area contributed by atoms with Crippen molar-refractivity contribution in [3.63, 3.8) is 0 Å². The first-order chi connectivity index (χ1) is 14.1. The van der Waals surface area contributed by atoms with E-state index >= 15 is 0 Å². The molecule has 2 aliphatic heterocycles. The first kappa shape index (κ1) is 19.3. The van der Waals surface area contributed by atoms with Gasteiger partial charge < -0.3 is 19.4 Å². The van der Waals surface area contributed by atoms with Gasteiger partial charge in [0.25, 0.3) is 5.91 Å². The quantitative estimate of drug-likeness (QED) is 0.784.